The normalized spacial score (nSPS) is 15.6. The first kappa shape index (κ1) is 30.2. The van der Waals surface area contributed by atoms with Gasteiger partial charge in [0.15, 0.2) is 0 Å². The summed E-state index contributed by atoms with van der Waals surface area (Å²) in [5.41, 5.74) is 3.97. The van der Waals surface area contributed by atoms with Gasteiger partial charge in [-0.1, -0.05) is 11.3 Å². The van der Waals surface area contributed by atoms with Crippen LogP contribution in [0, 0.1) is 11.6 Å². The van der Waals surface area contributed by atoms with Gasteiger partial charge in [0.1, 0.15) is 17.3 Å². The number of rotatable bonds is 8. The Bertz CT molecular complexity index is 1660. The predicted molar refractivity (Wildman–Crippen MR) is 166 cm³/mol. The first-order valence-corrected chi connectivity index (χ1v) is 14.8. The molecule has 0 saturated carbocycles. The molecule has 11 nitrogen and oxygen atoms in total. The molecule has 0 bridgehead atoms. The van der Waals surface area contributed by atoms with Gasteiger partial charge in [-0.3, -0.25) is 9.59 Å². The van der Waals surface area contributed by atoms with Crippen molar-refractivity contribution in [2.45, 2.75) is 6.54 Å². The summed E-state index contributed by atoms with van der Waals surface area (Å²) in [6, 6.07) is 15.4. The minimum absolute atomic E-state index is 0.00340. The van der Waals surface area contributed by atoms with Gasteiger partial charge < -0.3 is 30.1 Å². The topological polar surface area (TPSA) is 108 Å². The number of amides is 2. The smallest absolute Gasteiger partial charge is 0.256 e. The van der Waals surface area contributed by atoms with Crippen molar-refractivity contribution in [3.8, 4) is 5.69 Å². The monoisotopic (exact) mass is 616 g/mol. The Hall–Kier alpha value is -4.88. The summed E-state index contributed by atoms with van der Waals surface area (Å²) < 4.78 is 34.1. The highest BCUT2D eigenvalue weighted by Crippen LogP contribution is 2.28. The molecule has 234 valence electrons. The van der Waals surface area contributed by atoms with E-state index in [-0.39, 0.29) is 11.5 Å². The summed E-state index contributed by atoms with van der Waals surface area (Å²) in [5, 5.41) is 14.5. The molecule has 2 aliphatic rings. The minimum atomic E-state index is -0.830. The van der Waals surface area contributed by atoms with Crippen LogP contribution in [0.15, 0.2) is 66.9 Å². The number of aromatic nitrogens is 3. The van der Waals surface area contributed by atoms with E-state index in [1.807, 2.05) is 23.1 Å². The molecule has 1 aromatic heterocycles. The number of carbonyl (C=O) groups is 2. The van der Waals surface area contributed by atoms with Crippen LogP contribution in [0.2, 0.25) is 0 Å². The Morgan fingerprint density at radius 2 is 1.64 bits per heavy atom. The summed E-state index contributed by atoms with van der Waals surface area (Å²) in [4.78, 5) is 32.6. The van der Waals surface area contributed by atoms with Gasteiger partial charge in [0.05, 0.1) is 37.2 Å². The maximum atomic E-state index is 13.6. The van der Waals surface area contributed by atoms with Gasteiger partial charge in [-0.25, -0.2) is 13.5 Å². The number of halogens is 2. The molecule has 2 fully saturated rings. The maximum Gasteiger partial charge on any atom is 0.256 e. The molecule has 0 unspecified atom stereocenters. The van der Waals surface area contributed by atoms with Crippen molar-refractivity contribution in [3.63, 3.8) is 0 Å². The maximum absolute atomic E-state index is 13.6. The summed E-state index contributed by atoms with van der Waals surface area (Å²) in [6.07, 6.45) is 1.76. The highest BCUT2D eigenvalue weighted by molar-refractivity contribution is 6.04. The lowest BCUT2D eigenvalue weighted by molar-refractivity contribution is 0.0303. The Labute approximate surface area is 259 Å². The minimum Gasteiger partial charge on any atom is -0.379 e. The third-order valence-corrected chi connectivity index (χ3v) is 7.88. The third kappa shape index (κ3) is 7.27. The van der Waals surface area contributed by atoms with Crippen LogP contribution in [0.4, 0.5) is 25.8 Å². The molecule has 0 aliphatic carbocycles. The number of nitrogens with one attached hydrogen (secondary N) is 2. The van der Waals surface area contributed by atoms with Gasteiger partial charge in [-0.2, -0.15) is 0 Å². The number of piperazine rings is 1. The average Bonchev–Trinajstić information content (AvgIpc) is 3.53. The number of morpholine rings is 1. The molecule has 2 N–H and O–H groups in total. The van der Waals surface area contributed by atoms with Gasteiger partial charge in [0.2, 0.25) is 0 Å². The Morgan fingerprint density at radius 1 is 0.889 bits per heavy atom. The summed E-state index contributed by atoms with van der Waals surface area (Å²) in [6.45, 7) is 6.13. The van der Waals surface area contributed by atoms with Crippen LogP contribution < -0.4 is 15.5 Å². The van der Waals surface area contributed by atoms with E-state index in [0.717, 1.165) is 49.7 Å². The first-order valence-electron chi connectivity index (χ1n) is 14.8. The standard InChI is InChI=1S/C32H34F2N8O3/c1-39-7-9-40(10-8-39)30-6-5-25(19-29(30)32(44)41-11-13-45-14-12-41)35-20-27-21-42(38-37-27)28-4-2-3-26(18-28)36-31(43)22-15-23(33)17-24(34)16-22/h2-6,15-19,21,35H,7-14,20H2,1H3,(H,36,43). The van der Waals surface area contributed by atoms with Crippen molar-refractivity contribution in [2.75, 3.05) is 75.1 Å². The molecule has 6 rings (SSSR count). The molecule has 3 heterocycles. The molecule has 2 amide bonds. The summed E-state index contributed by atoms with van der Waals surface area (Å²) in [5.74, 6) is -2.30. The second-order valence-corrected chi connectivity index (χ2v) is 11.1. The van der Waals surface area contributed by atoms with Crippen molar-refractivity contribution in [1.82, 2.24) is 24.8 Å². The number of hydrogen-bond acceptors (Lipinski definition) is 8. The van der Waals surface area contributed by atoms with E-state index in [0.29, 0.717) is 61.5 Å². The molecule has 0 spiro atoms. The van der Waals surface area contributed by atoms with Gasteiger partial charge in [0, 0.05) is 68.0 Å². The van der Waals surface area contributed by atoms with Crippen LogP contribution in [-0.2, 0) is 11.3 Å². The number of hydrogen-bond donors (Lipinski definition) is 2. The van der Waals surface area contributed by atoms with Crippen LogP contribution in [0.3, 0.4) is 0 Å². The molecule has 2 aliphatic heterocycles. The molecule has 13 heteroatoms. The van der Waals surface area contributed by atoms with Gasteiger partial charge in [0.25, 0.3) is 11.8 Å². The number of nitrogens with zero attached hydrogens (tertiary/aromatic N) is 6. The van der Waals surface area contributed by atoms with Gasteiger partial charge in [-0.05, 0) is 55.6 Å². The molecule has 45 heavy (non-hydrogen) atoms. The lowest BCUT2D eigenvalue weighted by atomic mass is 10.1. The molecule has 0 atom stereocenters. The molecule has 2 saturated heterocycles. The van der Waals surface area contributed by atoms with Crippen molar-refractivity contribution in [1.29, 1.82) is 0 Å². The van der Waals surface area contributed by atoms with Crippen LogP contribution in [-0.4, -0.2) is 96.1 Å². The zero-order valence-electron chi connectivity index (χ0n) is 24.9. The summed E-state index contributed by atoms with van der Waals surface area (Å²) >= 11 is 0. The fourth-order valence-electron chi connectivity index (χ4n) is 5.39. The lowest BCUT2D eigenvalue weighted by Crippen LogP contribution is -2.46. The zero-order chi connectivity index (χ0) is 31.3. The molecule has 0 radical (unpaired) electrons. The lowest BCUT2D eigenvalue weighted by Gasteiger charge is -2.36. The summed E-state index contributed by atoms with van der Waals surface area (Å²) in [7, 11) is 2.10. The fourth-order valence-corrected chi connectivity index (χ4v) is 5.39. The molecule has 3 aromatic carbocycles. The van der Waals surface area contributed by atoms with Gasteiger partial charge >= 0.3 is 0 Å². The average molecular weight is 617 g/mol. The van der Waals surface area contributed by atoms with Crippen molar-refractivity contribution < 1.29 is 23.1 Å². The van der Waals surface area contributed by atoms with E-state index >= 15 is 0 Å². The number of carbonyl (C=O) groups excluding carboxylic acids is 2. The number of likely N-dealkylation sites (N-methyl/N-ethyl adjacent to an activating group) is 1. The fraction of sp³-hybridized carbons (Fsp3) is 0.312. The van der Waals surface area contributed by atoms with E-state index in [2.05, 4.69) is 37.8 Å². The Balaban J connectivity index is 1.14. The van der Waals surface area contributed by atoms with Crippen molar-refractivity contribution >= 4 is 28.9 Å². The number of ether oxygens (including phenoxy) is 1. The number of benzene rings is 3. The molecular weight excluding hydrogens is 582 g/mol. The second kappa shape index (κ2) is 13.4. The number of anilines is 3. The van der Waals surface area contributed by atoms with Crippen molar-refractivity contribution in [2.24, 2.45) is 0 Å². The van der Waals surface area contributed by atoms with Gasteiger partial charge in [-0.15, -0.1) is 5.10 Å². The van der Waals surface area contributed by atoms with E-state index in [9.17, 15) is 18.4 Å². The molecular formula is C32H34F2N8O3. The zero-order valence-corrected chi connectivity index (χ0v) is 24.9. The van der Waals surface area contributed by atoms with E-state index in [1.54, 1.807) is 35.1 Å². The second-order valence-electron chi connectivity index (χ2n) is 11.1. The highest BCUT2D eigenvalue weighted by atomic mass is 19.1. The van der Waals surface area contributed by atoms with Crippen LogP contribution >= 0.6 is 0 Å². The quantitative estimate of drug-likeness (QED) is 0.309. The van der Waals surface area contributed by atoms with Crippen LogP contribution in [0.5, 0.6) is 0 Å². The van der Waals surface area contributed by atoms with E-state index in [1.165, 1.54) is 0 Å². The van der Waals surface area contributed by atoms with E-state index in [4.69, 9.17) is 4.74 Å². The van der Waals surface area contributed by atoms with Crippen LogP contribution in [0.25, 0.3) is 5.69 Å². The predicted octanol–water partition coefficient (Wildman–Crippen LogP) is 3.63. The largest absolute Gasteiger partial charge is 0.379 e. The Morgan fingerprint density at radius 3 is 2.40 bits per heavy atom. The highest BCUT2D eigenvalue weighted by Gasteiger charge is 2.25. The van der Waals surface area contributed by atoms with E-state index < -0.39 is 17.5 Å². The molecule has 4 aromatic rings. The third-order valence-electron chi connectivity index (χ3n) is 7.88. The SMILES string of the molecule is CN1CCN(c2ccc(NCc3cn(-c4cccc(NC(=O)c5cc(F)cc(F)c5)c4)nn3)cc2C(=O)N2CCOCC2)CC1. The Kier molecular flexibility index (Phi) is 8.98. The van der Waals surface area contributed by atoms with Crippen molar-refractivity contribution in [3.05, 3.63) is 95.3 Å². The first-order chi connectivity index (χ1) is 21.8. The van der Waals surface area contributed by atoms with Crippen LogP contribution in [0.1, 0.15) is 26.4 Å².